The van der Waals surface area contributed by atoms with Crippen LogP contribution in [0, 0.1) is 0 Å². The first kappa shape index (κ1) is 36.7. The summed E-state index contributed by atoms with van der Waals surface area (Å²) in [5.74, 6) is 0. The average Bonchev–Trinajstić information content (AvgIpc) is 2.71. The summed E-state index contributed by atoms with van der Waals surface area (Å²) in [5.41, 5.74) is 2.62. The molecule has 0 heterocycles. The highest BCUT2D eigenvalue weighted by Gasteiger charge is 1.92. The predicted molar refractivity (Wildman–Crippen MR) is 147 cm³/mol. The fourth-order valence-corrected chi connectivity index (χ4v) is 2.40. The van der Waals surface area contributed by atoms with Crippen molar-refractivity contribution in [3.63, 3.8) is 0 Å². The smallest absolute Gasteiger partial charge is 0.0438 e. The molecular formula is C26H42Cl4. The lowest BCUT2D eigenvalue weighted by atomic mass is 10.2. The molecule has 0 saturated carbocycles. The number of rotatable bonds is 6. The van der Waals surface area contributed by atoms with Crippen LogP contribution < -0.4 is 0 Å². The maximum Gasteiger partial charge on any atom is 0.0438 e. The highest BCUT2D eigenvalue weighted by Crippen LogP contribution is 2.18. The highest BCUT2D eigenvalue weighted by molar-refractivity contribution is 6.48. The van der Waals surface area contributed by atoms with Crippen molar-refractivity contribution in [2.75, 3.05) is 0 Å². The zero-order valence-electron chi connectivity index (χ0n) is 18.8. The van der Waals surface area contributed by atoms with Gasteiger partial charge in [-0.15, -0.1) is 0 Å². The Morgan fingerprint density at radius 2 is 1.27 bits per heavy atom. The normalized spacial score (nSPS) is 11.2. The molecule has 0 aliphatic rings. The van der Waals surface area contributed by atoms with Crippen LogP contribution in [0.25, 0.3) is 5.03 Å². The average molecular weight is 496 g/mol. The van der Waals surface area contributed by atoms with Crippen LogP contribution in [-0.2, 0) is 0 Å². The van der Waals surface area contributed by atoms with Gasteiger partial charge in [0.05, 0.1) is 0 Å². The Hall–Kier alpha value is -0.660. The Bertz CT molecular complexity index is 566. The lowest BCUT2D eigenvalue weighted by Gasteiger charge is -1.96. The third-order valence-electron chi connectivity index (χ3n) is 3.01. The van der Waals surface area contributed by atoms with Crippen LogP contribution in [0.1, 0.15) is 86.6 Å². The maximum atomic E-state index is 5.97. The van der Waals surface area contributed by atoms with Crippen LogP contribution in [-0.4, -0.2) is 0 Å². The number of allylic oxidation sites excluding steroid dienone is 6. The van der Waals surface area contributed by atoms with Crippen molar-refractivity contribution in [2.45, 2.75) is 81.1 Å². The summed E-state index contributed by atoms with van der Waals surface area (Å²) in [6.45, 7) is 12.2. The molecule has 0 aliphatic heterocycles. The molecule has 1 aromatic carbocycles. The molecule has 1 aromatic rings. The minimum absolute atomic E-state index is 0. The lowest BCUT2D eigenvalue weighted by molar-refractivity contribution is 1.13. The quantitative estimate of drug-likeness (QED) is 0.367. The van der Waals surface area contributed by atoms with E-state index < -0.39 is 0 Å². The van der Waals surface area contributed by atoms with Crippen LogP contribution in [0.3, 0.4) is 0 Å². The van der Waals surface area contributed by atoms with Crippen LogP contribution >= 0.6 is 46.4 Å². The molecule has 174 valence electrons. The van der Waals surface area contributed by atoms with E-state index in [1.165, 1.54) is 5.54 Å². The fourth-order valence-electron chi connectivity index (χ4n) is 1.63. The maximum absolute atomic E-state index is 5.97. The Kier molecular flexibility index (Phi) is 37.4. The fraction of sp³-hybridized carbons (Fsp3) is 0.462. The Morgan fingerprint density at radius 1 is 0.767 bits per heavy atom. The van der Waals surface area contributed by atoms with Gasteiger partial charge >= 0.3 is 0 Å². The van der Waals surface area contributed by atoms with Gasteiger partial charge in [-0.1, -0.05) is 143 Å². The SMILES string of the molecule is C.CCC=C(C)Cl.CCC=C(Cl)CC.CCC=C(Cl)c1ccccc1.CCC=CCl. The Morgan fingerprint density at radius 3 is 1.50 bits per heavy atom. The minimum Gasteiger partial charge on any atom is -0.0933 e. The molecule has 0 atom stereocenters. The zero-order chi connectivity index (χ0) is 22.9. The van der Waals surface area contributed by atoms with Crippen LogP contribution in [0.5, 0.6) is 0 Å². The molecule has 30 heavy (non-hydrogen) atoms. The lowest BCUT2D eigenvalue weighted by Crippen LogP contribution is -1.73. The first-order valence-electron chi connectivity index (χ1n) is 10.2. The third-order valence-corrected chi connectivity index (χ3v) is 4.13. The van der Waals surface area contributed by atoms with Gasteiger partial charge in [0.25, 0.3) is 0 Å². The molecule has 0 unspecified atom stereocenters. The summed E-state index contributed by atoms with van der Waals surface area (Å²) >= 11 is 22.2. The van der Waals surface area contributed by atoms with Crippen LogP contribution in [0.4, 0.5) is 0 Å². The largest absolute Gasteiger partial charge is 0.0933 e. The van der Waals surface area contributed by atoms with E-state index in [4.69, 9.17) is 46.4 Å². The molecule has 4 heteroatoms. The van der Waals surface area contributed by atoms with Gasteiger partial charge in [-0.3, -0.25) is 0 Å². The summed E-state index contributed by atoms with van der Waals surface area (Å²) < 4.78 is 0. The summed E-state index contributed by atoms with van der Waals surface area (Å²) in [7, 11) is 0. The van der Waals surface area contributed by atoms with Crippen molar-refractivity contribution in [2.24, 2.45) is 0 Å². The van der Waals surface area contributed by atoms with E-state index in [2.05, 4.69) is 27.7 Å². The van der Waals surface area contributed by atoms with Crippen LogP contribution in [0.2, 0.25) is 0 Å². The van der Waals surface area contributed by atoms with Crippen molar-refractivity contribution in [1.29, 1.82) is 0 Å². The molecule has 0 spiro atoms. The van der Waals surface area contributed by atoms with Gasteiger partial charge in [-0.25, -0.2) is 0 Å². The second-order valence-corrected chi connectivity index (χ2v) is 7.45. The second-order valence-electron chi connectivity index (χ2n) is 5.71. The van der Waals surface area contributed by atoms with Gasteiger partial charge < -0.3 is 0 Å². The molecule has 0 bridgehead atoms. The van der Waals surface area contributed by atoms with Crippen molar-refractivity contribution in [3.8, 4) is 0 Å². The number of hydrogen-bond donors (Lipinski definition) is 0. The van der Waals surface area contributed by atoms with E-state index >= 15 is 0 Å². The predicted octanol–water partition coefficient (Wildman–Crippen LogP) is 11.9. The summed E-state index contributed by atoms with van der Waals surface area (Å²) in [5, 5.41) is 2.70. The van der Waals surface area contributed by atoms with Gasteiger partial charge in [0.15, 0.2) is 0 Å². The molecule has 0 nitrogen and oxygen atoms in total. The molecule has 0 N–H and O–H groups in total. The van der Waals surface area contributed by atoms with E-state index in [1.807, 2.05) is 68.5 Å². The molecular weight excluding hydrogens is 454 g/mol. The van der Waals surface area contributed by atoms with Gasteiger partial charge in [-0.2, -0.15) is 0 Å². The van der Waals surface area contributed by atoms with E-state index in [9.17, 15) is 0 Å². The Labute approximate surface area is 207 Å². The standard InChI is InChI=1S/C10H11Cl.C6H11Cl.C5H9Cl.C4H7Cl.CH4/c1-2-6-10(11)9-7-4-3-5-8-9;1-3-5-6(7)4-2;1-3-4-5(2)6;1-2-3-4-5;/h3-8H,2H2,1H3;5H,3-4H2,1-2H3;4H,3H2,1-2H3;3-4H,2H2,1H3;1H4. The first-order chi connectivity index (χ1) is 13.8. The molecule has 0 radical (unpaired) electrons. The first-order valence-corrected chi connectivity index (χ1v) is 11.7. The van der Waals surface area contributed by atoms with Crippen molar-refractivity contribution in [3.05, 3.63) is 75.8 Å². The molecule has 0 amide bonds. The molecule has 0 fully saturated rings. The van der Waals surface area contributed by atoms with Crippen molar-refractivity contribution in [1.82, 2.24) is 0 Å². The molecule has 0 saturated heterocycles. The monoisotopic (exact) mass is 494 g/mol. The van der Waals surface area contributed by atoms with E-state index in [0.717, 1.165) is 52.8 Å². The summed E-state index contributed by atoms with van der Waals surface area (Å²) in [6.07, 6.45) is 13.0. The van der Waals surface area contributed by atoms with Gasteiger partial charge in [0, 0.05) is 20.6 Å². The number of benzene rings is 1. The summed E-state index contributed by atoms with van der Waals surface area (Å²) in [4.78, 5) is 0. The molecule has 0 aliphatic carbocycles. The second kappa shape index (κ2) is 30.5. The van der Waals surface area contributed by atoms with Gasteiger partial charge in [0.2, 0.25) is 0 Å². The topological polar surface area (TPSA) is 0 Å². The number of halogens is 4. The molecule has 0 aromatic heterocycles. The van der Waals surface area contributed by atoms with Crippen LogP contribution in [0.15, 0.2) is 70.2 Å². The van der Waals surface area contributed by atoms with E-state index in [-0.39, 0.29) is 7.43 Å². The van der Waals surface area contributed by atoms with E-state index in [0.29, 0.717) is 0 Å². The minimum atomic E-state index is 0. The third kappa shape index (κ3) is 32.0. The van der Waals surface area contributed by atoms with Gasteiger partial charge in [0.1, 0.15) is 0 Å². The van der Waals surface area contributed by atoms with Crippen molar-refractivity contribution >= 4 is 51.4 Å². The Balaban J connectivity index is -0.000000157. The van der Waals surface area contributed by atoms with Gasteiger partial charge in [-0.05, 0) is 44.6 Å². The molecule has 1 rings (SSSR count). The zero-order valence-corrected chi connectivity index (χ0v) is 21.8. The number of hydrogen-bond acceptors (Lipinski definition) is 0. The van der Waals surface area contributed by atoms with Crippen molar-refractivity contribution < 1.29 is 0 Å². The summed E-state index contributed by atoms with van der Waals surface area (Å²) in [6, 6.07) is 9.98. The highest BCUT2D eigenvalue weighted by atomic mass is 35.5. The van der Waals surface area contributed by atoms with E-state index in [1.54, 1.807) is 0 Å².